The predicted molar refractivity (Wildman–Crippen MR) is 68.2 cm³/mol. The molecule has 8 heteroatoms. The fourth-order valence-corrected chi connectivity index (χ4v) is 2.54. The lowest BCUT2D eigenvalue weighted by molar-refractivity contribution is 0.580. The van der Waals surface area contributed by atoms with Crippen molar-refractivity contribution < 1.29 is 12.8 Å². The second-order valence-corrected chi connectivity index (χ2v) is 5.80. The van der Waals surface area contributed by atoms with Gasteiger partial charge in [0.25, 0.3) is 0 Å². The van der Waals surface area contributed by atoms with E-state index in [1.54, 1.807) is 6.92 Å². The molecular weight excluding hydrogens is 271 g/mol. The van der Waals surface area contributed by atoms with Gasteiger partial charge in [-0.1, -0.05) is 0 Å². The summed E-state index contributed by atoms with van der Waals surface area (Å²) in [5.41, 5.74) is 6.66. The maximum absolute atomic E-state index is 13.0. The van der Waals surface area contributed by atoms with Crippen molar-refractivity contribution in [3.8, 4) is 0 Å². The number of sulfonamides is 1. The lowest BCUT2D eigenvalue weighted by atomic mass is 10.3. The van der Waals surface area contributed by atoms with Crippen LogP contribution in [-0.4, -0.2) is 18.6 Å². The SMILES string of the molecule is Cc1[nH]ncc1CNS(=O)(=O)c1ccc(F)c(N)c1. The number of hydrogen-bond acceptors (Lipinski definition) is 4. The summed E-state index contributed by atoms with van der Waals surface area (Å²) in [4.78, 5) is -0.0763. The number of hydrogen-bond donors (Lipinski definition) is 3. The fourth-order valence-electron chi connectivity index (χ4n) is 1.50. The molecule has 0 spiro atoms. The van der Waals surface area contributed by atoms with E-state index in [9.17, 15) is 12.8 Å². The molecule has 0 radical (unpaired) electrons. The molecule has 0 amide bonds. The number of H-pyrrole nitrogens is 1. The van der Waals surface area contributed by atoms with Crippen LogP contribution in [0.1, 0.15) is 11.3 Å². The second-order valence-electron chi connectivity index (χ2n) is 4.03. The van der Waals surface area contributed by atoms with Gasteiger partial charge < -0.3 is 5.73 Å². The Bertz CT molecular complexity index is 696. The molecule has 0 atom stereocenters. The van der Waals surface area contributed by atoms with Crippen molar-refractivity contribution in [2.24, 2.45) is 0 Å². The van der Waals surface area contributed by atoms with Gasteiger partial charge in [-0.05, 0) is 25.1 Å². The number of rotatable bonds is 4. The molecule has 0 saturated heterocycles. The van der Waals surface area contributed by atoms with E-state index in [0.29, 0.717) is 0 Å². The van der Waals surface area contributed by atoms with Crippen molar-refractivity contribution in [1.29, 1.82) is 0 Å². The van der Waals surface area contributed by atoms with Crippen LogP contribution in [0.3, 0.4) is 0 Å². The van der Waals surface area contributed by atoms with Crippen LogP contribution in [0.5, 0.6) is 0 Å². The minimum absolute atomic E-state index is 0.0763. The molecule has 2 aromatic rings. The summed E-state index contributed by atoms with van der Waals surface area (Å²) in [7, 11) is -3.73. The molecular formula is C11H13FN4O2S. The van der Waals surface area contributed by atoms with Gasteiger partial charge >= 0.3 is 0 Å². The number of aryl methyl sites for hydroxylation is 1. The van der Waals surface area contributed by atoms with Crippen LogP contribution in [0.25, 0.3) is 0 Å². The second kappa shape index (κ2) is 4.98. The maximum atomic E-state index is 13.0. The summed E-state index contributed by atoms with van der Waals surface area (Å²) >= 11 is 0. The van der Waals surface area contributed by atoms with Crippen LogP contribution in [0.2, 0.25) is 0 Å². The number of nitrogens with one attached hydrogen (secondary N) is 2. The smallest absolute Gasteiger partial charge is 0.240 e. The van der Waals surface area contributed by atoms with Crippen LogP contribution in [0.4, 0.5) is 10.1 Å². The molecule has 0 aliphatic carbocycles. The van der Waals surface area contributed by atoms with Crippen molar-refractivity contribution in [2.45, 2.75) is 18.4 Å². The topological polar surface area (TPSA) is 101 Å². The summed E-state index contributed by atoms with van der Waals surface area (Å²) in [5.74, 6) is -0.648. The third-order valence-electron chi connectivity index (χ3n) is 2.66. The molecule has 0 saturated carbocycles. The van der Waals surface area contributed by atoms with E-state index in [4.69, 9.17) is 5.73 Å². The molecule has 102 valence electrons. The summed E-state index contributed by atoms with van der Waals surface area (Å²) in [5, 5.41) is 6.50. The van der Waals surface area contributed by atoms with Gasteiger partial charge in [0.05, 0.1) is 16.8 Å². The minimum Gasteiger partial charge on any atom is -0.396 e. The van der Waals surface area contributed by atoms with E-state index in [1.807, 2.05) is 0 Å². The van der Waals surface area contributed by atoms with E-state index >= 15 is 0 Å². The monoisotopic (exact) mass is 284 g/mol. The van der Waals surface area contributed by atoms with E-state index in [2.05, 4.69) is 14.9 Å². The first-order valence-corrected chi connectivity index (χ1v) is 6.92. The van der Waals surface area contributed by atoms with Crippen molar-refractivity contribution in [3.63, 3.8) is 0 Å². The van der Waals surface area contributed by atoms with Crippen LogP contribution >= 0.6 is 0 Å². The molecule has 0 aliphatic heterocycles. The lowest BCUT2D eigenvalue weighted by Crippen LogP contribution is -2.23. The average Bonchev–Trinajstić information content (AvgIpc) is 2.76. The highest BCUT2D eigenvalue weighted by Crippen LogP contribution is 2.16. The molecule has 1 aromatic carbocycles. The molecule has 4 N–H and O–H groups in total. The Morgan fingerprint density at radius 3 is 2.79 bits per heavy atom. The van der Waals surface area contributed by atoms with Gasteiger partial charge in [-0.25, -0.2) is 17.5 Å². The summed E-state index contributed by atoms with van der Waals surface area (Å²) in [6.07, 6.45) is 1.54. The Hall–Kier alpha value is -1.93. The van der Waals surface area contributed by atoms with Gasteiger partial charge in [0.15, 0.2) is 0 Å². The number of nitrogens with two attached hydrogens (primary N) is 1. The largest absolute Gasteiger partial charge is 0.396 e. The molecule has 0 unspecified atom stereocenters. The molecule has 0 bridgehead atoms. The zero-order valence-electron chi connectivity index (χ0n) is 10.1. The number of aromatic nitrogens is 2. The van der Waals surface area contributed by atoms with Gasteiger partial charge in [0, 0.05) is 17.8 Å². The van der Waals surface area contributed by atoms with Gasteiger partial charge in [-0.15, -0.1) is 0 Å². The first-order chi connectivity index (χ1) is 8.90. The highest BCUT2D eigenvalue weighted by Gasteiger charge is 2.16. The standard InChI is InChI=1S/C11H13FN4O2S/c1-7-8(5-14-16-7)6-15-19(17,18)9-2-3-10(12)11(13)4-9/h2-5,15H,6,13H2,1H3,(H,14,16). The lowest BCUT2D eigenvalue weighted by Gasteiger charge is -2.07. The highest BCUT2D eigenvalue weighted by atomic mass is 32.2. The minimum atomic E-state index is -3.73. The quantitative estimate of drug-likeness (QED) is 0.727. The Balaban J connectivity index is 2.18. The van der Waals surface area contributed by atoms with Gasteiger partial charge in [-0.3, -0.25) is 5.10 Å². The first kappa shape index (κ1) is 13.5. The Morgan fingerprint density at radius 2 is 2.21 bits per heavy atom. The predicted octanol–water partition coefficient (Wildman–Crippen LogP) is 0.918. The Morgan fingerprint density at radius 1 is 1.47 bits per heavy atom. The molecule has 1 aromatic heterocycles. The number of aromatic amines is 1. The molecule has 6 nitrogen and oxygen atoms in total. The normalized spacial score (nSPS) is 11.7. The van der Waals surface area contributed by atoms with Crippen molar-refractivity contribution >= 4 is 15.7 Å². The van der Waals surface area contributed by atoms with Crippen molar-refractivity contribution in [2.75, 3.05) is 5.73 Å². The summed E-state index contributed by atoms with van der Waals surface area (Å²) in [6.45, 7) is 1.88. The number of nitrogen functional groups attached to an aromatic ring is 1. The maximum Gasteiger partial charge on any atom is 0.240 e. The first-order valence-electron chi connectivity index (χ1n) is 5.43. The molecule has 0 fully saturated rings. The van der Waals surface area contributed by atoms with Gasteiger partial charge in [0.1, 0.15) is 5.82 Å². The number of anilines is 1. The van der Waals surface area contributed by atoms with Gasteiger partial charge in [0.2, 0.25) is 10.0 Å². The van der Waals surface area contributed by atoms with E-state index in [1.165, 1.54) is 6.20 Å². The molecule has 2 rings (SSSR count). The van der Waals surface area contributed by atoms with Crippen LogP contribution < -0.4 is 10.5 Å². The van der Waals surface area contributed by atoms with Crippen molar-refractivity contribution in [1.82, 2.24) is 14.9 Å². The van der Waals surface area contributed by atoms with E-state index in [0.717, 1.165) is 29.5 Å². The van der Waals surface area contributed by atoms with E-state index < -0.39 is 15.8 Å². The molecule has 19 heavy (non-hydrogen) atoms. The van der Waals surface area contributed by atoms with Crippen molar-refractivity contribution in [3.05, 3.63) is 41.5 Å². The van der Waals surface area contributed by atoms with E-state index in [-0.39, 0.29) is 17.1 Å². The number of halogens is 1. The van der Waals surface area contributed by atoms with Crippen LogP contribution in [-0.2, 0) is 16.6 Å². The van der Waals surface area contributed by atoms with Crippen LogP contribution in [0.15, 0.2) is 29.3 Å². The zero-order valence-corrected chi connectivity index (χ0v) is 11.0. The third kappa shape index (κ3) is 2.91. The zero-order chi connectivity index (χ0) is 14.0. The molecule has 1 heterocycles. The van der Waals surface area contributed by atoms with Crippen LogP contribution in [0, 0.1) is 12.7 Å². The fraction of sp³-hybridized carbons (Fsp3) is 0.182. The third-order valence-corrected chi connectivity index (χ3v) is 4.06. The average molecular weight is 284 g/mol. The number of benzene rings is 1. The van der Waals surface area contributed by atoms with Gasteiger partial charge in [-0.2, -0.15) is 5.10 Å². The highest BCUT2D eigenvalue weighted by molar-refractivity contribution is 7.89. The Labute approximate surface area is 109 Å². The summed E-state index contributed by atoms with van der Waals surface area (Å²) in [6, 6.07) is 3.27. The Kier molecular flexibility index (Phi) is 3.54. The number of nitrogens with zero attached hydrogens (tertiary/aromatic N) is 1. The molecule has 0 aliphatic rings. The summed E-state index contributed by atoms with van der Waals surface area (Å²) < 4.78 is 39.4.